The number of hydrogen-bond acceptors (Lipinski definition) is 2. The summed E-state index contributed by atoms with van der Waals surface area (Å²) in [6.45, 7) is 2.49. The molecule has 0 amide bonds. The van der Waals surface area contributed by atoms with Crippen LogP contribution >= 0.6 is 11.6 Å². The lowest BCUT2D eigenvalue weighted by molar-refractivity contribution is 0.115. The first-order valence-corrected chi connectivity index (χ1v) is 4.67. The second-order valence-electron chi connectivity index (χ2n) is 3.32. The summed E-state index contributed by atoms with van der Waals surface area (Å²) in [5.74, 6) is 0.644. The van der Waals surface area contributed by atoms with Crippen molar-refractivity contribution in [3.8, 4) is 5.75 Å². The fourth-order valence-electron chi connectivity index (χ4n) is 1.58. The van der Waals surface area contributed by atoms with Crippen LogP contribution in [0, 0.1) is 6.92 Å². The molecule has 0 aliphatic carbocycles. The van der Waals surface area contributed by atoms with Gasteiger partial charge in [-0.05, 0) is 24.6 Å². The summed E-state index contributed by atoms with van der Waals surface area (Å²) in [4.78, 5) is 0. The number of aryl methyl sites for hydroxylation is 1. The van der Waals surface area contributed by atoms with Gasteiger partial charge >= 0.3 is 0 Å². The lowest BCUT2D eigenvalue weighted by atomic mass is 10.0. The fourth-order valence-corrected chi connectivity index (χ4v) is 1.92. The van der Waals surface area contributed by atoms with Crippen LogP contribution in [0.4, 0.5) is 0 Å². The van der Waals surface area contributed by atoms with E-state index >= 15 is 0 Å². The van der Waals surface area contributed by atoms with Crippen LogP contribution in [-0.4, -0.2) is 11.7 Å². The predicted molar refractivity (Wildman–Crippen MR) is 51.3 cm³/mol. The van der Waals surface area contributed by atoms with Crippen molar-refractivity contribution in [2.75, 3.05) is 6.61 Å². The van der Waals surface area contributed by atoms with Gasteiger partial charge in [0.05, 0.1) is 17.7 Å². The third kappa shape index (κ3) is 1.52. The normalized spacial score (nSPS) is 20.7. The number of fused-ring (bicyclic) bond motifs is 1. The molecule has 3 heteroatoms. The van der Waals surface area contributed by atoms with E-state index in [9.17, 15) is 5.11 Å². The van der Waals surface area contributed by atoms with Crippen molar-refractivity contribution in [1.29, 1.82) is 0 Å². The molecule has 1 aromatic carbocycles. The highest BCUT2D eigenvalue weighted by Gasteiger charge is 2.21. The van der Waals surface area contributed by atoms with Gasteiger partial charge in [-0.1, -0.05) is 11.6 Å². The molecule has 0 radical (unpaired) electrons. The smallest absolute Gasteiger partial charge is 0.143 e. The van der Waals surface area contributed by atoms with Gasteiger partial charge in [0.1, 0.15) is 5.75 Å². The molecule has 70 valence electrons. The van der Waals surface area contributed by atoms with Crippen molar-refractivity contribution >= 4 is 11.6 Å². The molecule has 0 fully saturated rings. The molecule has 1 aliphatic rings. The van der Waals surface area contributed by atoms with Gasteiger partial charge in [-0.3, -0.25) is 0 Å². The summed E-state index contributed by atoms with van der Waals surface area (Å²) in [6.07, 6.45) is 0.216. The molecular weight excluding hydrogens is 188 g/mol. The predicted octanol–water partition coefficient (Wildman–Crippen LogP) is 2.46. The van der Waals surface area contributed by atoms with Gasteiger partial charge in [0, 0.05) is 12.0 Å². The van der Waals surface area contributed by atoms with Crippen molar-refractivity contribution in [2.45, 2.75) is 19.4 Å². The average molecular weight is 199 g/mol. The standard InChI is InChI=1S/C10H11ClO2/c1-6-4-7-9(12)2-3-13-10(7)8(11)5-6/h4-5,9,12H,2-3H2,1H3/t9-/m0/s1. The average Bonchev–Trinajstić information content (AvgIpc) is 2.07. The number of hydrogen-bond donors (Lipinski definition) is 1. The van der Waals surface area contributed by atoms with Gasteiger partial charge in [0.2, 0.25) is 0 Å². The number of rotatable bonds is 0. The second kappa shape index (κ2) is 3.20. The van der Waals surface area contributed by atoms with Crippen LogP contribution in [-0.2, 0) is 0 Å². The molecule has 2 rings (SSSR count). The van der Waals surface area contributed by atoms with E-state index in [0.717, 1.165) is 11.1 Å². The number of benzene rings is 1. The largest absolute Gasteiger partial charge is 0.492 e. The van der Waals surface area contributed by atoms with Crippen LogP contribution in [0.2, 0.25) is 5.02 Å². The summed E-state index contributed by atoms with van der Waals surface area (Å²) >= 11 is 5.98. The van der Waals surface area contributed by atoms with Crippen LogP contribution in [0.5, 0.6) is 5.75 Å². The molecule has 0 saturated heterocycles. The van der Waals surface area contributed by atoms with Gasteiger partial charge in [0.25, 0.3) is 0 Å². The highest BCUT2D eigenvalue weighted by atomic mass is 35.5. The highest BCUT2D eigenvalue weighted by Crippen LogP contribution is 2.38. The summed E-state index contributed by atoms with van der Waals surface area (Å²) < 4.78 is 5.39. The number of halogens is 1. The van der Waals surface area contributed by atoms with Gasteiger partial charge < -0.3 is 9.84 Å². The summed E-state index contributed by atoms with van der Waals surface area (Å²) in [5, 5.41) is 10.3. The Balaban J connectivity index is 2.56. The fraction of sp³-hybridized carbons (Fsp3) is 0.400. The minimum Gasteiger partial charge on any atom is -0.492 e. The number of ether oxygens (including phenoxy) is 1. The molecule has 1 aliphatic heterocycles. The Morgan fingerprint density at radius 2 is 2.31 bits per heavy atom. The lowest BCUT2D eigenvalue weighted by Crippen LogP contribution is -2.14. The SMILES string of the molecule is Cc1cc(Cl)c2c(c1)[C@@H](O)CCO2. The number of aliphatic hydroxyl groups excluding tert-OH is 1. The van der Waals surface area contributed by atoms with Crippen LogP contribution in [0.25, 0.3) is 0 Å². The zero-order valence-corrected chi connectivity index (χ0v) is 8.14. The van der Waals surface area contributed by atoms with Gasteiger partial charge in [-0.2, -0.15) is 0 Å². The first-order valence-electron chi connectivity index (χ1n) is 4.29. The third-order valence-electron chi connectivity index (χ3n) is 2.21. The highest BCUT2D eigenvalue weighted by molar-refractivity contribution is 6.32. The number of aliphatic hydroxyl groups is 1. The Morgan fingerprint density at radius 3 is 3.08 bits per heavy atom. The van der Waals surface area contributed by atoms with Crippen molar-refractivity contribution in [3.63, 3.8) is 0 Å². The van der Waals surface area contributed by atoms with E-state index in [2.05, 4.69) is 0 Å². The quantitative estimate of drug-likeness (QED) is 0.694. The van der Waals surface area contributed by atoms with Gasteiger partial charge in [0.15, 0.2) is 0 Å². The minimum absolute atomic E-state index is 0.429. The zero-order valence-electron chi connectivity index (χ0n) is 7.38. The Labute approximate surface area is 82.1 Å². The minimum atomic E-state index is -0.429. The third-order valence-corrected chi connectivity index (χ3v) is 2.49. The van der Waals surface area contributed by atoms with Crippen LogP contribution in [0.1, 0.15) is 23.7 Å². The van der Waals surface area contributed by atoms with E-state index in [4.69, 9.17) is 16.3 Å². The summed E-state index contributed by atoms with van der Waals surface area (Å²) in [6, 6.07) is 3.77. The van der Waals surface area contributed by atoms with Gasteiger partial charge in [-0.25, -0.2) is 0 Å². The topological polar surface area (TPSA) is 29.5 Å². The van der Waals surface area contributed by atoms with E-state index in [-0.39, 0.29) is 0 Å². The van der Waals surface area contributed by atoms with E-state index in [1.54, 1.807) is 0 Å². The lowest BCUT2D eigenvalue weighted by Gasteiger charge is -2.23. The molecule has 13 heavy (non-hydrogen) atoms. The molecule has 0 bridgehead atoms. The Bertz CT molecular complexity index is 336. The molecular formula is C10H11ClO2. The van der Waals surface area contributed by atoms with Gasteiger partial charge in [-0.15, -0.1) is 0 Å². The molecule has 1 heterocycles. The molecule has 0 aromatic heterocycles. The van der Waals surface area contributed by atoms with Crippen molar-refractivity contribution < 1.29 is 9.84 Å². The Hall–Kier alpha value is -0.730. The summed E-state index contributed by atoms with van der Waals surface area (Å²) in [7, 11) is 0. The first-order chi connectivity index (χ1) is 6.18. The Morgan fingerprint density at radius 1 is 1.54 bits per heavy atom. The van der Waals surface area contributed by atoms with E-state index in [1.165, 1.54) is 0 Å². The zero-order chi connectivity index (χ0) is 9.42. The molecule has 1 aromatic rings. The van der Waals surface area contributed by atoms with Crippen LogP contribution in [0.3, 0.4) is 0 Å². The molecule has 0 unspecified atom stereocenters. The maximum absolute atomic E-state index is 9.67. The monoisotopic (exact) mass is 198 g/mol. The second-order valence-corrected chi connectivity index (χ2v) is 3.73. The Kier molecular flexibility index (Phi) is 2.18. The molecule has 2 nitrogen and oxygen atoms in total. The molecule has 0 spiro atoms. The van der Waals surface area contributed by atoms with Crippen molar-refractivity contribution in [1.82, 2.24) is 0 Å². The van der Waals surface area contributed by atoms with Crippen molar-refractivity contribution in [3.05, 3.63) is 28.3 Å². The molecule has 0 saturated carbocycles. The van der Waals surface area contributed by atoms with E-state index in [1.807, 2.05) is 19.1 Å². The maximum atomic E-state index is 9.67. The molecule has 1 N–H and O–H groups in total. The van der Waals surface area contributed by atoms with Crippen LogP contribution in [0.15, 0.2) is 12.1 Å². The van der Waals surface area contributed by atoms with E-state index < -0.39 is 6.10 Å². The first kappa shape index (κ1) is 8.85. The van der Waals surface area contributed by atoms with Crippen LogP contribution < -0.4 is 4.74 Å². The maximum Gasteiger partial charge on any atom is 0.143 e. The summed E-state index contributed by atoms with van der Waals surface area (Å²) in [5.41, 5.74) is 1.87. The van der Waals surface area contributed by atoms with E-state index in [0.29, 0.717) is 23.8 Å². The van der Waals surface area contributed by atoms with Crippen molar-refractivity contribution in [2.24, 2.45) is 0 Å². The molecule has 1 atom stereocenters.